The highest BCUT2D eigenvalue weighted by atomic mass is 35.5. The fourth-order valence-corrected chi connectivity index (χ4v) is 9.08. The van der Waals surface area contributed by atoms with Crippen LogP contribution in [0.25, 0.3) is 0 Å². The Morgan fingerprint density at radius 2 is 1.02 bits per heavy atom. The molecule has 4 aliphatic carbocycles. The monoisotopic (exact) mass is 849 g/mol. The van der Waals surface area contributed by atoms with Crippen molar-refractivity contribution in [2.75, 3.05) is 0 Å². The fourth-order valence-electron chi connectivity index (χ4n) is 8.95. The Labute approximate surface area is 354 Å². The Kier molecular flexibility index (Phi) is 15.5. The summed E-state index contributed by atoms with van der Waals surface area (Å²) in [6.07, 6.45) is 6.86. The minimum Gasteiger partial charge on any atom is -0.478 e. The number of ether oxygens (including phenoxy) is 1. The summed E-state index contributed by atoms with van der Waals surface area (Å²) in [5, 5.41) is 25.9. The minimum atomic E-state index is -1.04. The molecule has 0 spiro atoms. The van der Waals surface area contributed by atoms with E-state index >= 15 is 0 Å². The lowest BCUT2D eigenvalue weighted by Crippen LogP contribution is -2.38. The standard InChI is InChI=1S/C17H21FO2.C10H18O.C7H4ClFO.C7H4FN.C7H5FO2/c1-16(2)12-8-9-17(16,3)14(10-12)20-15(19)11-4-6-13(18)7-5-11;1-9(2)7-4-5-10(9,3)8(11)6-7;8-7(10)5-1-3-6(9)4-2-5;8-7-3-1-6(5-9)2-4-7;8-6-3-1-5(2-4-6)7(9)10/h4-7,12,14H,8-10H2,1-3H3;7-8,11H,4-6H2,1-3H3;1-4H;1-4H;1-4H,(H,9,10). The van der Waals surface area contributed by atoms with E-state index in [1.807, 2.05) is 6.07 Å². The fraction of sp³-hybridized carbons (Fsp3) is 0.417. The van der Waals surface area contributed by atoms with E-state index in [1.165, 1.54) is 104 Å². The lowest BCUT2D eigenvalue weighted by Gasteiger charge is -2.38. The number of carboxylic acid groups (broad SMARTS) is 1. The molecular weight excluding hydrogens is 798 g/mol. The molecule has 7 nitrogen and oxygen atoms in total. The zero-order chi connectivity index (χ0) is 44.6. The van der Waals surface area contributed by atoms with Crippen molar-refractivity contribution in [3.8, 4) is 6.07 Å². The Bertz CT molecular complexity index is 2080. The van der Waals surface area contributed by atoms with Crippen molar-refractivity contribution in [3.63, 3.8) is 0 Å². The average Bonchev–Trinajstić information content (AvgIpc) is 3.72. The van der Waals surface area contributed by atoms with E-state index in [0.29, 0.717) is 28.0 Å². The normalized spacial score (nSPS) is 25.6. The highest BCUT2D eigenvalue weighted by molar-refractivity contribution is 6.67. The second-order valence-electron chi connectivity index (χ2n) is 17.3. The third-order valence-corrected chi connectivity index (χ3v) is 14.1. The number of hydrogen-bond donors (Lipinski definition) is 2. The minimum absolute atomic E-state index is 0.0196. The van der Waals surface area contributed by atoms with E-state index in [9.17, 15) is 37.1 Å². The highest BCUT2D eigenvalue weighted by Crippen LogP contribution is 2.66. The van der Waals surface area contributed by atoms with Crippen LogP contribution in [-0.4, -0.2) is 39.6 Å². The lowest BCUT2D eigenvalue weighted by atomic mass is 9.70. The van der Waals surface area contributed by atoms with Crippen LogP contribution in [0.1, 0.15) is 117 Å². The van der Waals surface area contributed by atoms with Gasteiger partial charge >= 0.3 is 11.9 Å². The summed E-state index contributed by atoms with van der Waals surface area (Å²) < 4.78 is 55.1. The number of aliphatic hydroxyl groups is 1. The second-order valence-corrected chi connectivity index (χ2v) is 17.7. The third kappa shape index (κ3) is 10.8. The highest BCUT2D eigenvalue weighted by Gasteiger charge is 2.63. The number of aliphatic hydroxyl groups excluding tert-OH is 1. The van der Waals surface area contributed by atoms with Crippen LogP contribution in [0, 0.1) is 68.1 Å². The number of fused-ring (bicyclic) bond motifs is 4. The molecular formula is C48H52ClF4NO6. The molecule has 6 atom stereocenters. The SMILES string of the molecule is CC1(C)C2CCC1(C)C(O)C2.CC1(C)C2CCC1(C)C(OC(=O)c1ccc(F)cc1)C2.N#Cc1ccc(F)cc1.O=C(Cl)c1ccc(F)cc1.O=C(O)c1ccc(F)cc1. The van der Waals surface area contributed by atoms with E-state index in [2.05, 4.69) is 41.5 Å². The maximum absolute atomic E-state index is 12.9. The number of nitriles is 1. The summed E-state index contributed by atoms with van der Waals surface area (Å²) in [7, 11) is 0. The van der Waals surface area contributed by atoms with Crippen molar-refractivity contribution < 1.29 is 46.9 Å². The summed E-state index contributed by atoms with van der Waals surface area (Å²) in [5.41, 5.74) is 2.20. The molecule has 4 aromatic rings. The molecule has 0 aromatic heterocycles. The van der Waals surface area contributed by atoms with Crippen molar-refractivity contribution in [2.24, 2.45) is 33.5 Å². The van der Waals surface area contributed by atoms with Gasteiger partial charge in [0.15, 0.2) is 0 Å². The van der Waals surface area contributed by atoms with E-state index in [-0.39, 0.29) is 57.4 Å². The Morgan fingerprint density at radius 3 is 1.32 bits per heavy atom. The van der Waals surface area contributed by atoms with Crippen molar-refractivity contribution in [1.29, 1.82) is 5.26 Å². The summed E-state index contributed by atoms with van der Waals surface area (Å²) >= 11 is 5.09. The van der Waals surface area contributed by atoms with E-state index in [1.54, 1.807) is 0 Å². The Balaban J connectivity index is 0.000000173. The van der Waals surface area contributed by atoms with E-state index in [0.717, 1.165) is 37.3 Å². The summed E-state index contributed by atoms with van der Waals surface area (Å²) in [4.78, 5) is 32.8. The first-order chi connectivity index (χ1) is 28.0. The van der Waals surface area contributed by atoms with Crippen LogP contribution in [0.3, 0.4) is 0 Å². The molecule has 0 radical (unpaired) electrons. The van der Waals surface area contributed by atoms with Gasteiger partial charge in [0.1, 0.15) is 29.4 Å². The second kappa shape index (κ2) is 19.6. The topological polar surface area (TPSA) is 125 Å². The molecule has 12 heteroatoms. The maximum Gasteiger partial charge on any atom is 0.338 e. The number of carbonyl (C=O) groups excluding carboxylic acids is 2. The predicted octanol–water partition coefficient (Wildman–Crippen LogP) is 11.8. The Morgan fingerprint density at radius 1 is 0.633 bits per heavy atom. The number of benzene rings is 4. The van der Waals surface area contributed by atoms with Gasteiger partial charge in [0, 0.05) is 11.0 Å². The van der Waals surface area contributed by atoms with Crippen LogP contribution < -0.4 is 0 Å². The zero-order valence-corrected chi connectivity index (χ0v) is 35.4. The Hall–Kier alpha value is -5.05. The number of nitrogens with zero attached hydrogens (tertiary/aromatic N) is 1. The molecule has 2 N–H and O–H groups in total. The molecule has 8 rings (SSSR count). The van der Waals surface area contributed by atoms with Crippen LogP contribution >= 0.6 is 11.6 Å². The van der Waals surface area contributed by atoms with Gasteiger partial charge in [-0.2, -0.15) is 5.26 Å². The number of carboxylic acids is 1. The first kappa shape index (κ1) is 47.6. The van der Waals surface area contributed by atoms with Crippen LogP contribution in [0.4, 0.5) is 17.6 Å². The first-order valence-corrected chi connectivity index (χ1v) is 20.2. The molecule has 4 saturated carbocycles. The quantitative estimate of drug-likeness (QED) is 0.119. The van der Waals surface area contributed by atoms with Gasteiger partial charge in [-0.05, 0) is 175 Å². The predicted molar refractivity (Wildman–Crippen MR) is 221 cm³/mol. The molecule has 320 valence electrons. The zero-order valence-electron chi connectivity index (χ0n) is 34.7. The van der Waals surface area contributed by atoms with Gasteiger partial charge in [-0.1, -0.05) is 41.5 Å². The first-order valence-electron chi connectivity index (χ1n) is 19.8. The molecule has 0 heterocycles. The van der Waals surface area contributed by atoms with Crippen LogP contribution in [-0.2, 0) is 4.74 Å². The van der Waals surface area contributed by atoms with Crippen molar-refractivity contribution in [1.82, 2.24) is 0 Å². The van der Waals surface area contributed by atoms with Gasteiger partial charge in [0.05, 0.1) is 28.9 Å². The summed E-state index contributed by atoms with van der Waals surface area (Å²) in [6.45, 7) is 13.7. The molecule has 60 heavy (non-hydrogen) atoms. The summed E-state index contributed by atoms with van der Waals surface area (Å²) in [5.74, 6) is -1.41. The van der Waals surface area contributed by atoms with Crippen LogP contribution in [0.5, 0.6) is 0 Å². The van der Waals surface area contributed by atoms with Gasteiger partial charge in [-0.25, -0.2) is 27.2 Å². The average molecular weight is 850 g/mol. The largest absolute Gasteiger partial charge is 0.478 e. The number of esters is 1. The van der Waals surface area contributed by atoms with Gasteiger partial charge in [0.2, 0.25) is 0 Å². The van der Waals surface area contributed by atoms with Crippen LogP contribution in [0.15, 0.2) is 97.1 Å². The van der Waals surface area contributed by atoms with Crippen molar-refractivity contribution >= 4 is 28.8 Å². The number of rotatable bonds is 4. The van der Waals surface area contributed by atoms with Gasteiger partial charge in [-0.3, -0.25) is 4.79 Å². The number of hydrogen-bond acceptors (Lipinski definition) is 6. The van der Waals surface area contributed by atoms with Crippen LogP contribution in [0.2, 0.25) is 0 Å². The smallest absolute Gasteiger partial charge is 0.338 e. The molecule has 4 aromatic carbocycles. The third-order valence-electron chi connectivity index (χ3n) is 13.9. The molecule has 0 amide bonds. The van der Waals surface area contributed by atoms with Crippen molar-refractivity contribution in [2.45, 2.75) is 92.3 Å². The molecule has 0 aliphatic heterocycles. The molecule has 4 bridgehead atoms. The number of aromatic carboxylic acids is 1. The molecule has 0 saturated heterocycles. The van der Waals surface area contributed by atoms with E-state index in [4.69, 9.17) is 26.7 Å². The molecule has 4 aliphatic rings. The van der Waals surface area contributed by atoms with Crippen molar-refractivity contribution in [3.05, 3.63) is 143 Å². The molecule has 6 unspecified atom stereocenters. The number of halogens is 5. The summed E-state index contributed by atoms with van der Waals surface area (Å²) in [6, 6.07) is 22.6. The number of carbonyl (C=O) groups is 3. The lowest BCUT2D eigenvalue weighted by molar-refractivity contribution is -0.0242. The van der Waals surface area contributed by atoms with E-state index < -0.39 is 17.0 Å². The maximum atomic E-state index is 12.9. The van der Waals surface area contributed by atoms with Gasteiger partial charge in [0.25, 0.3) is 5.24 Å². The van der Waals surface area contributed by atoms with Gasteiger partial charge in [-0.15, -0.1) is 0 Å². The molecule has 4 fully saturated rings. The van der Waals surface area contributed by atoms with Gasteiger partial charge < -0.3 is 14.9 Å².